The third-order valence-electron chi connectivity index (χ3n) is 1.83. The summed E-state index contributed by atoms with van der Waals surface area (Å²) in [7, 11) is -2.74. The summed E-state index contributed by atoms with van der Waals surface area (Å²) in [4.78, 5) is 0. The molecule has 0 amide bonds. The molecule has 0 heterocycles. The molecule has 5 heteroatoms. The molecular weight excluding hydrogens is 224 g/mol. The maximum absolute atomic E-state index is 10.5. The molecule has 0 saturated carbocycles. The van der Waals surface area contributed by atoms with E-state index < -0.39 is 10.9 Å². The van der Waals surface area contributed by atoms with Crippen molar-refractivity contribution in [3.8, 4) is 6.07 Å². The Labute approximate surface area is 96.3 Å². The van der Waals surface area contributed by atoms with Crippen LogP contribution in [0.3, 0.4) is 0 Å². The van der Waals surface area contributed by atoms with Crippen LogP contribution in [-0.4, -0.2) is 8.42 Å². The van der Waals surface area contributed by atoms with Crippen molar-refractivity contribution in [1.82, 2.24) is 0 Å². The number of allylic oxidation sites excluding steroid dienone is 1. The molecular formula is C11H12N2O2S. The molecule has 0 unspecified atom stereocenters. The molecule has 0 aliphatic rings. The van der Waals surface area contributed by atoms with Crippen molar-refractivity contribution in [2.45, 2.75) is 13.8 Å². The van der Waals surface area contributed by atoms with Crippen LogP contribution in [0.2, 0.25) is 0 Å². The Bertz CT molecular complexity index is 527. The minimum Gasteiger partial charge on any atom is -0.284 e. The normalized spacial score (nSPS) is 9.62. The molecule has 0 bridgehead atoms. The van der Waals surface area contributed by atoms with Crippen molar-refractivity contribution >= 4 is 22.7 Å². The van der Waals surface area contributed by atoms with Crippen LogP contribution in [0.15, 0.2) is 23.8 Å². The third kappa shape index (κ3) is 3.41. The average Bonchev–Trinajstić information content (AvgIpc) is 2.18. The van der Waals surface area contributed by atoms with E-state index in [2.05, 4.69) is 4.72 Å². The van der Waals surface area contributed by atoms with Gasteiger partial charge in [0.1, 0.15) is 6.07 Å². The first-order chi connectivity index (χ1) is 7.52. The molecule has 4 nitrogen and oxygen atoms in total. The van der Waals surface area contributed by atoms with Gasteiger partial charge in [-0.3, -0.25) is 4.72 Å². The Hall–Kier alpha value is -1.80. The topological polar surface area (TPSA) is 70.0 Å². The fourth-order valence-electron chi connectivity index (χ4n) is 1.27. The minimum atomic E-state index is -2.74. The molecule has 16 heavy (non-hydrogen) atoms. The van der Waals surface area contributed by atoms with Crippen molar-refractivity contribution in [1.29, 1.82) is 5.26 Å². The molecule has 1 rings (SSSR count). The van der Waals surface area contributed by atoms with E-state index in [9.17, 15) is 8.42 Å². The number of rotatable bonds is 3. The molecule has 84 valence electrons. The summed E-state index contributed by atoms with van der Waals surface area (Å²) in [5.74, 6) is 0. The van der Waals surface area contributed by atoms with Crippen molar-refractivity contribution in [2.24, 2.45) is 0 Å². The molecule has 0 aromatic heterocycles. The van der Waals surface area contributed by atoms with Crippen LogP contribution >= 0.6 is 0 Å². The maximum Gasteiger partial charge on any atom is 0.222 e. The highest BCUT2D eigenvalue weighted by Crippen LogP contribution is 2.18. The number of nitriles is 1. The van der Waals surface area contributed by atoms with Gasteiger partial charge in [-0.05, 0) is 31.5 Å². The molecule has 1 N–H and O–H groups in total. The summed E-state index contributed by atoms with van der Waals surface area (Å²) < 4.78 is 23.2. The first kappa shape index (κ1) is 12.3. The number of anilines is 1. The molecule has 0 saturated heterocycles. The second kappa shape index (κ2) is 5.33. The number of hydrogen-bond donors (Lipinski definition) is 2. The molecule has 0 spiro atoms. The number of benzene rings is 1. The van der Waals surface area contributed by atoms with Crippen LogP contribution in [0.4, 0.5) is 5.69 Å². The predicted octanol–water partition coefficient (Wildman–Crippen LogP) is 1.92. The highest BCUT2D eigenvalue weighted by atomic mass is 32.2. The summed E-state index contributed by atoms with van der Waals surface area (Å²) in [6.07, 6.45) is 1.92. The summed E-state index contributed by atoms with van der Waals surface area (Å²) in [6, 6.07) is 6.94. The van der Waals surface area contributed by atoms with Crippen LogP contribution < -0.4 is 4.72 Å². The lowest BCUT2D eigenvalue weighted by Gasteiger charge is -2.03. The van der Waals surface area contributed by atoms with Gasteiger partial charge < -0.3 is 0 Å². The van der Waals surface area contributed by atoms with E-state index in [-0.39, 0.29) is 0 Å². The molecule has 0 fully saturated rings. The zero-order chi connectivity index (χ0) is 12.1. The first-order valence-corrected chi connectivity index (χ1v) is 5.81. The minimum absolute atomic E-state index is 0.310. The van der Waals surface area contributed by atoms with Gasteiger partial charge in [0.25, 0.3) is 0 Å². The maximum atomic E-state index is 10.5. The second-order valence-corrected chi connectivity index (χ2v) is 4.25. The largest absolute Gasteiger partial charge is 0.284 e. The average molecular weight is 236 g/mol. The first-order valence-electron chi connectivity index (χ1n) is 4.63. The van der Waals surface area contributed by atoms with E-state index in [4.69, 9.17) is 5.26 Å². The van der Waals surface area contributed by atoms with Gasteiger partial charge in [-0.1, -0.05) is 17.7 Å². The standard InChI is InChI=1S/C11H12N2O2S/c1-8(2)5-9-3-4-11(13-16(14)15)10(6-9)7-12/h3-6,16H,1-2H3,(H,13,14,15). The lowest BCUT2D eigenvalue weighted by Crippen LogP contribution is -1.97. The Morgan fingerprint density at radius 2 is 2.12 bits per heavy atom. The lowest BCUT2D eigenvalue weighted by molar-refractivity contribution is 0.619. The lowest BCUT2D eigenvalue weighted by atomic mass is 10.1. The van der Waals surface area contributed by atoms with Crippen LogP contribution in [-0.2, 0) is 10.9 Å². The smallest absolute Gasteiger partial charge is 0.222 e. The Balaban J connectivity index is 3.18. The molecule has 0 aliphatic heterocycles. The summed E-state index contributed by atoms with van der Waals surface area (Å²) >= 11 is 0. The summed E-state index contributed by atoms with van der Waals surface area (Å²) in [5, 5.41) is 8.88. The Morgan fingerprint density at radius 3 is 2.62 bits per heavy atom. The van der Waals surface area contributed by atoms with Gasteiger partial charge in [-0.25, -0.2) is 8.42 Å². The van der Waals surface area contributed by atoms with Gasteiger partial charge >= 0.3 is 0 Å². The van der Waals surface area contributed by atoms with Crippen molar-refractivity contribution < 1.29 is 8.42 Å². The molecule has 1 aromatic rings. The number of nitrogens with zero attached hydrogens (tertiary/aromatic N) is 1. The van der Waals surface area contributed by atoms with E-state index in [0.29, 0.717) is 11.3 Å². The SMILES string of the molecule is CC(C)=Cc1ccc(N[SH](=O)=O)c(C#N)c1. The second-order valence-electron chi connectivity index (χ2n) is 3.51. The molecule has 1 aromatic carbocycles. The van der Waals surface area contributed by atoms with Crippen LogP contribution in [0.1, 0.15) is 25.0 Å². The quantitative estimate of drug-likeness (QED) is 0.788. The van der Waals surface area contributed by atoms with E-state index in [1.807, 2.05) is 26.0 Å². The number of hydrogen-bond acceptors (Lipinski definition) is 3. The van der Waals surface area contributed by atoms with Crippen LogP contribution in [0.25, 0.3) is 6.08 Å². The van der Waals surface area contributed by atoms with E-state index in [0.717, 1.165) is 11.1 Å². The van der Waals surface area contributed by atoms with E-state index >= 15 is 0 Å². The van der Waals surface area contributed by atoms with Crippen molar-refractivity contribution in [3.63, 3.8) is 0 Å². The monoisotopic (exact) mass is 236 g/mol. The summed E-state index contributed by atoms with van der Waals surface area (Å²) in [6.45, 7) is 3.90. The van der Waals surface area contributed by atoms with E-state index in [1.165, 1.54) is 0 Å². The third-order valence-corrected chi connectivity index (χ3v) is 2.25. The van der Waals surface area contributed by atoms with Crippen molar-refractivity contribution in [3.05, 3.63) is 34.9 Å². The van der Waals surface area contributed by atoms with Gasteiger partial charge in [-0.15, -0.1) is 0 Å². The van der Waals surface area contributed by atoms with Crippen molar-refractivity contribution in [2.75, 3.05) is 4.72 Å². The zero-order valence-electron chi connectivity index (χ0n) is 9.02. The van der Waals surface area contributed by atoms with Gasteiger partial charge in [0.2, 0.25) is 10.9 Å². The van der Waals surface area contributed by atoms with Crippen LogP contribution in [0.5, 0.6) is 0 Å². The van der Waals surface area contributed by atoms with Crippen LogP contribution in [0, 0.1) is 11.3 Å². The molecule has 0 aliphatic carbocycles. The Kier molecular flexibility index (Phi) is 4.09. The van der Waals surface area contributed by atoms with E-state index in [1.54, 1.807) is 18.2 Å². The number of nitrogens with one attached hydrogen (secondary N) is 1. The molecule has 0 radical (unpaired) electrons. The fourth-order valence-corrected chi connectivity index (χ4v) is 1.67. The highest BCUT2D eigenvalue weighted by molar-refractivity contribution is 7.73. The molecule has 0 atom stereocenters. The summed E-state index contributed by atoms with van der Waals surface area (Å²) in [5.41, 5.74) is 2.61. The predicted molar refractivity (Wildman–Crippen MR) is 64.4 cm³/mol. The zero-order valence-corrected chi connectivity index (χ0v) is 9.91. The van der Waals surface area contributed by atoms with Gasteiger partial charge in [0.05, 0.1) is 11.3 Å². The van der Waals surface area contributed by atoms with Gasteiger partial charge in [-0.2, -0.15) is 5.26 Å². The van der Waals surface area contributed by atoms with Gasteiger partial charge in [0.15, 0.2) is 0 Å². The highest BCUT2D eigenvalue weighted by Gasteiger charge is 2.02. The fraction of sp³-hybridized carbons (Fsp3) is 0.182. The number of thiol groups is 1. The van der Waals surface area contributed by atoms with Gasteiger partial charge in [0, 0.05) is 0 Å². The Morgan fingerprint density at radius 1 is 1.44 bits per heavy atom.